The molecular weight excluding hydrogens is 1160 g/mol. The largest absolute Gasteiger partial charge is 0.480 e. The quantitative estimate of drug-likeness (QED) is 0.0405. The average Bonchev–Trinajstić information content (AvgIpc) is 2.69. The molecule has 9 N–H and O–H groups in total. The monoisotopic (exact) mass is 1260 g/mol. The molecule has 25 heteroatoms. The van der Waals surface area contributed by atoms with Gasteiger partial charge in [-0.25, -0.2) is 14.4 Å². The zero-order valence-electron chi connectivity index (χ0n) is 55.4. The molecule has 0 unspecified atom stereocenters. The number of ketones is 1. The molecule has 2 aromatic carbocycles. The number of Topliss-reactive ketones (excluding diaryl/α,β-unsaturated/α-hetero) is 1. The Bertz CT molecular complexity index is 2710. The van der Waals surface area contributed by atoms with Crippen LogP contribution in [0.15, 0.2) is 54.6 Å². The standard InChI is InChI=1S/C65H102N10O15/c1-16-41(10)56(50(88-14)35-52(78)75-33-21-25-48(75)57(89-15)42(11)58(79)70-47(63(84)85)34-43-22-18-17-19-23-43)73(12)62(83)54(39(6)7)72-61(82)55(40(8)9)74(13)65(87)90-36-44-26-28-45(29-27-44)68-59(80)46(24-20-32-67-64(66)86)69-60(81)53(38(4)5)71-51(77)31-30-49(76)37(2)3/h17-19,22-23,26-29,37-42,46-48,50,53-57H,16,20-21,24-25,30-36H2,1-15H3,(H,68,80)(H,69,81)(H,70,79)(H,71,77)(H,72,82)(H,84,85)(H3,66,67,86)/t41-,42+,46-,47-,48-,50+,53-,54-,55-,56-,57+/m0/s1. The van der Waals surface area contributed by atoms with Crippen molar-refractivity contribution in [1.29, 1.82) is 0 Å². The first-order valence-electron chi connectivity index (χ1n) is 31.3. The Balaban J connectivity index is 1.72. The van der Waals surface area contributed by atoms with Crippen LogP contribution in [0.1, 0.15) is 139 Å². The number of nitrogens with zero attached hydrogens (tertiary/aromatic N) is 3. The van der Waals surface area contributed by atoms with Crippen LogP contribution < -0.4 is 37.6 Å². The minimum Gasteiger partial charge on any atom is -0.480 e. The first-order chi connectivity index (χ1) is 42.4. The second-order valence-electron chi connectivity index (χ2n) is 24.9. The van der Waals surface area contributed by atoms with E-state index in [0.717, 1.165) is 10.5 Å². The summed E-state index contributed by atoms with van der Waals surface area (Å²) in [6, 6.07) is 7.90. The molecule has 25 nitrogen and oxygen atoms in total. The van der Waals surface area contributed by atoms with Crippen LogP contribution in [-0.4, -0.2) is 181 Å². The fraction of sp³-hybridized carbons (Fsp3) is 0.646. The van der Waals surface area contributed by atoms with Gasteiger partial charge in [-0.1, -0.05) is 125 Å². The Labute approximate surface area is 531 Å². The number of aliphatic carboxylic acids is 1. The summed E-state index contributed by atoms with van der Waals surface area (Å²) in [5, 5.41) is 26.2. The molecule has 1 aliphatic heterocycles. The van der Waals surface area contributed by atoms with Gasteiger partial charge >= 0.3 is 18.1 Å². The molecule has 1 aliphatic rings. The van der Waals surface area contributed by atoms with E-state index >= 15 is 0 Å². The molecule has 0 aliphatic carbocycles. The van der Waals surface area contributed by atoms with E-state index < -0.39 is 126 Å². The molecule has 0 saturated carbocycles. The number of nitrogens with two attached hydrogens (primary N) is 1. The van der Waals surface area contributed by atoms with Gasteiger partial charge in [-0.3, -0.25) is 43.3 Å². The topological polar surface area (TPSA) is 344 Å². The van der Waals surface area contributed by atoms with E-state index in [4.69, 9.17) is 19.9 Å². The van der Waals surface area contributed by atoms with Crippen LogP contribution in [0.2, 0.25) is 0 Å². The van der Waals surface area contributed by atoms with E-state index in [1.54, 1.807) is 123 Å². The molecule has 90 heavy (non-hydrogen) atoms. The van der Waals surface area contributed by atoms with Crippen LogP contribution >= 0.6 is 0 Å². The van der Waals surface area contributed by atoms with E-state index in [-0.39, 0.29) is 81.1 Å². The Morgan fingerprint density at radius 1 is 0.700 bits per heavy atom. The van der Waals surface area contributed by atoms with Crippen molar-refractivity contribution in [3.8, 4) is 0 Å². The number of urea groups is 1. The average molecular weight is 1260 g/mol. The van der Waals surface area contributed by atoms with Crippen molar-refractivity contribution in [2.24, 2.45) is 41.2 Å². The molecule has 0 spiro atoms. The number of anilines is 1. The predicted octanol–water partition coefficient (Wildman–Crippen LogP) is 5.17. The molecular formula is C65H102N10O15. The lowest BCUT2D eigenvalue weighted by atomic mass is 9.89. The maximum atomic E-state index is 14.8. The number of carboxylic acid groups (broad SMARTS) is 1. The van der Waals surface area contributed by atoms with Gasteiger partial charge in [0.05, 0.1) is 36.6 Å². The minimum atomic E-state index is -1.19. The first-order valence-corrected chi connectivity index (χ1v) is 31.3. The lowest BCUT2D eigenvalue weighted by molar-refractivity contribution is -0.148. The van der Waals surface area contributed by atoms with E-state index in [1.807, 2.05) is 19.9 Å². The maximum Gasteiger partial charge on any atom is 0.410 e. The van der Waals surface area contributed by atoms with Crippen LogP contribution in [-0.2, 0) is 70.4 Å². The normalized spacial score (nSPS) is 16.5. The van der Waals surface area contributed by atoms with Gasteiger partial charge in [0.1, 0.15) is 42.6 Å². The van der Waals surface area contributed by atoms with Crippen LogP contribution in [0, 0.1) is 35.5 Å². The van der Waals surface area contributed by atoms with Crippen molar-refractivity contribution in [3.63, 3.8) is 0 Å². The van der Waals surface area contributed by atoms with Gasteiger partial charge in [-0.15, -0.1) is 0 Å². The smallest absolute Gasteiger partial charge is 0.410 e. The zero-order chi connectivity index (χ0) is 67.7. The van der Waals surface area contributed by atoms with Crippen molar-refractivity contribution in [1.82, 2.24) is 41.3 Å². The Morgan fingerprint density at radius 2 is 1.32 bits per heavy atom. The van der Waals surface area contributed by atoms with Gasteiger partial charge in [0.2, 0.25) is 41.4 Å². The van der Waals surface area contributed by atoms with Crippen molar-refractivity contribution < 1.29 is 72.1 Å². The van der Waals surface area contributed by atoms with Gasteiger partial charge < -0.3 is 66.8 Å². The number of carbonyl (C=O) groups excluding carboxylic acids is 10. The lowest BCUT2D eigenvalue weighted by Crippen LogP contribution is -2.60. The summed E-state index contributed by atoms with van der Waals surface area (Å²) in [7, 11) is 5.97. The van der Waals surface area contributed by atoms with E-state index in [9.17, 15) is 57.8 Å². The summed E-state index contributed by atoms with van der Waals surface area (Å²) < 4.78 is 17.7. The number of benzene rings is 2. The molecule has 0 radical (unpaired) electrons. The number of primary amides is 1. The van der Waals surface area contributed by atoms with Gasteiger partial charge in [0, 0.05) is 72.3 Å². The molecule has 502 valence electrons. The summed E-state index contributed by atoms with van der Waals surface area (Å²) in [4.78, 5) is 151. The Morgan fingerprint density at radius 3 is 1.87 bits per heavy atom. The fourth-order valence-corrected chi connectivity index (χ4v) is 11.2. The van der Waals surface area contributed by atoms with Gasteiger partial charge in [-0.05, 0) is 72.6 Å². The number of nitrogens with one attached hydrogen (secondary N) is 6. The number of likely N-dealkylation sites (tertiary alicyclic amines) is 1. The summed E-state index contributed by atoms with van der Waals surface area (Å²) in [6.45, 7) is 19.8. The van der Waals surface area contributed by atoms with E-state index in [0.29, 0.717) is 37.1 Å². The maximum absolute atomic E-state index is 14.8. The van der Waals surface area contributed by atoms with Crippen molar-refractivity contribution in [2.45, 2.75) is 195 Å². The second-order valence-corrected chi connectivity index (χ2v) is 24.9. The molecule has 10 amide bonds. The predicted molar refractivity (Wildman–Crippen MR) is 339 cm³/mol. The number of amides is 10. The number of likely N-dealkylation sites (N-methyl/N-ethyl adjacent to an activating group) is 2. The minimum absolute atomic E-state index is 0.0178. The van der Waals surface area contributed by atoms with E-state index in [1.165, 1.54) is 26.2 Å². The highest BCUT2D eigenvalue weighted by Gasteiger charge is 2.44. The molecule has 1 fully saturated rings. The number of carboxylic acids is 1. The second kappa shape index (κ2) is 37.5. The molecule has 3 rings (SSSR count). The highest BCUT2D eigenvalue weighted by molar-refractivity contribution is 5.99. The molecule has 1 heterocycles. The fourth-order valence-electron chi connectivity index (χ4n) is 11.2. The summed E-state index contributed by atoms with van der Waals surface area (Å²) in [5.74, 6) is -7.38. The van der Waals surface area contributed by atoms with Crippen molar-refractivity contribution in [3.05, 3.63) is 65.7 Å². The third kappa shape index (κ3) is 23.3. The third-order valence-corrected chi connectivity index (χ3v) is 16.7. The molecule has 0 aromatic heterocycles. The summed E-state index contributed by atoms with van der Waals surface area (Å²) in [6.07, 6.45) is -0.460. The number of carbonyl (C=O) groups is 11. The van der Waals surface area contributed by atoms with E-state index in [2.05, 4.69) is 31.9 Å². The van der Waals surface area contributed by atoms with Crippen molar-refractivity contribution in [2.75, 3.05) is 46.7 Å². The van der Waals surface area contributed by atoms with Gasteiger partial charge in [0.15, 0.2) is 0 Å². The molecule has 2 aromatic rings. The number of rotatable bonds is 37. The van der Waals surface area contributed by atoms with Crippen LogP contribution in [0.25, 0.3) is 0 Å². The summed E-state index contributed by atoms with van der Waals surface area (Å²) in [5.41, 5.74) is 6.82. The highest BCUT2D eigenvalue weighted by atomic mass is 16.6. The van der Waals surface area contributed by atoms with Crippen molar-refractivity contribution >= 4 is 70.9 Å². The lowest BCUT2D eigenvalue weighted by Gasteiger charge is -2.41. The highest BCUT2D eigenvalue weighted by Crippen LogP contribution is 2.30. The molecule has 11 atom stereocenters. The number of ether oxygens (including phenoxy) is 3. The van der Waals surface area contributed by atoms with Crippen LogP contribution in [0.4, 0.5) is 15.3 Å². The summed E-state index contributed by atoms with van der Waals surface area (Å²) >= 11 is 0. The molecule has 1 saturated heterocycles. The number of hydrogen-bond donors (Lipinski definition) is 8. The first kappa shape index (κ1) is 76.6. The van der Waals surface area contributed by atoms with Crippen LogP contribution in [0.5, 0.6) is 0 Å². The SMILES string of the molecule is CC[C@H](C)[C@@H]([C@@H](CC(=O)N1CCC[C@H]1[C@H](OC)[C@@H](C)C(=O)N[C@@H](Cc1ccccc1)C(=O)O)OC)N(C)C(=O)[C@@H](NC(=O)[C@H](C(C)C)N(C)C(=O)OCc1ccc(NC(=O)[C@H](CCCNC(N)=O)NC(=O)[C@@H](NC(=O)CCC(=O)C(C)C)C(C)C)cc1)C(C)C. The van der Waals surface area contributed by atoms with Crippen LogP contribution in [0.3, 0.4) is 0 Å². The third-order valence-electron chi connectivity index (χ3n) is 16.7. The Kier molecular flexibility index (Phi) is 31.9. The Hall–Kier alpha value is -7.67. The number of methoxy groups -OCH3 is 2. The van der Waals surface area contributed by atoms with Gasteiger partial charge in [0.25, 0.3) is 0 Å². The zero-order valence-corrected chi connectivity index (χ0v) is 55.4. The van der Waals surface area contributed by atoms with Gasteiger partial charge in [-0.2, -0.15) is 0 Å². The molecule has 0 bridgehead atoms. The number of hydrogen-bond acceptors (Lipinski definition) is 14.